The van der Waals surface area contributed by atoms with Crippen LogP contribution < -0.4 is 5.14 Å². The number of primary sulfonamides is 1. The average Bonchev–Trinajstić information content (AvgIpc) is 2.49. The molecule has 3 N–H and O–H groups in total. The van der Waals surface area contributed by atoms with E-state index >= 15 is 0 Å². The molecule has 26 heavy (non-hydrogen) atoms. The second-order valence-corrected chi connectivity index (χ2v) is 10.4. The number of hydrogen-bond donors (Lipinski definition) is 2. The number of nitrogens with two attached hydrogens (primary N) is 1. The molecule has 0 radical (unpaired) electrons. The highest BCUT2D eigenvalue weighted by atomic mass is 32.2. The van der Waals surface area contributed by atoms with Gasteiger partial charge in [0.15, 0.2) is 0 Å². The van der Waals surface area contributed by atoms with Crippen molar-refractivity contribution in [1.29, 1.82) is 0 Å². The summed E-state index contributed by atoms with van der Waals surface area (Å²) in [6, 6.07) is 0. The molecule has 0 aromatic heterocycles. The van der Waals surface area contributed by atoms with Crippen LogP contribution in [0.1, 0.15) is 85.5 Å². The molecule has 0 aliphatic rings. The minimum atomic E-state index is -3.33. The van der Waals surface area contributed by atoms with Gasteiger partial charge in [-0.05, 0) is 57.8 Å². The lowest BCUT2D eigenvalue weighted by molar-refractivity contribution is -0.147. The number of sulfonamides is 1. The maximum absolute atomic E-state index is 11.0. The molecule has 0 rings (SSSR count). The van der Waals surface area contributed by atoms with Crippen LogP contribution in [0.2, 0.25) is 0 Å². The predicted molar refractivity (Wildman–Crippen MR) is 106 cm³/mol. The molecular formula is C19H39NO5S. The van der Waals surface area contributed by atoms with Crippen LogP contribution in [-0.4, -0.2) is 38.5 Å². The third-order valence-electron chi connectivity index (χ3n) is 4.84. The number of carboxylic acid groups (broad SMARTS) is 1. The minimum absolute atomic E-state index is 0.0700. The quantitative estimate of drug-likeness (QED) is 0.386. The largest absolute Gasteiger partial charge is 0.481 e. The number of carboxylic acids is 1. The summed E-state index contributed by atoms with van der Waals surface area (Å²) in [5.41, 5.74) is -0.444. The average molecular weight is 394 g/mol. The SMILES string of the molecule is CC(C)(CCCCOCCCCC(C)(C)C(=O)O)CCCCS(N)(=O)=O. The van der Waals surface area contributed by atoms with Gasteiger partial charge in [0.2, 0.25) is 10.0 Å². The van der Waals surface area contributed by atoms with Gasteiger partial charge in [-0.2, -0.15) is 0 Å². The van der Waals surface area contributed by atoms with Crippen molar-refractivity contribution < 1.29 is 23.1 Å². The maximum atomic E-state index is 11.0. The van der Waals surface area contributed by atoms with E-state index in [2.05, 4.69) is 13.8 Å². The molecule has 0 bridgehead atoms. The third kappa shape index (κ3) is 14.5. The second kappa shape index (κ2) is 11.9. The number of rotatable bonds is 16. The van der Waals surface area contributed by atoms with Crippen molar-refractivity contribution >= 4 is 16.0 Å². The van der Waals surface area contributed by atoms with E-state index in [0.29, 0.717) is 19.4 Å². The van der Waals surface area contributed by atoms with Crippen molar-refractivity contribution in [2.45, 2.75) is 85.5 Å². The molecule has 0 amide bonds. The van der Waals surface area contributed by atoms with Gasteiger partial charge in [-0.3, -0.25) is 4.79 Å². The van der Waals surface area contributed by atoms with Gasteiger partial charge in [-0.1, -0.05) is 33.1 Å². The van der Waals surface area contributed by atoms with Crippen molar-refractivity contribution in [2.24, 2.45) is 16.0 Å². The lowest BCUT2D eigenvalue weighted by Gasteiger charge is -2.24. The highest BCUT2D eigenvalue weighted by molar-refractivity contribution is 7.89. The first kappa shape index (κ1) is 25.3. The highest BCUT2D eigenvalue weighted by Gasteiger charge is 2.25. The Morgan fingerprint density at radius 3 is 1.81 bits per heavy atom. The predicted octanol–water partition coefficient (Wildman–Crippen LogP) is 3.94. The maximum Gasteiger partial charge on any atom is 0.309 e. The van der Waals surface area contributed by atoms with Crippen molar-refractivity contribution in [1.82, 2.24) is 0 Å². The molecule has 0 fully saturated rings. The van der Waals surface area contributed by atoms with Gasteiger partial charge in [-0.25, -0.2) is 13.6 Å². The van der Waals surface area contributed by atoms with Crippen molar-refractivity contribution in [3.05, 3.63) is 0 Å². The number of carbonyl (C=O) groups is 1. The fourth-order valence-corrected chi connectivity index (χ4v) is 3.43. The first-order valence-corrected chi connectivity index (χ1v) is 11.4. The van der Waals surface area contributed by atoms with Crippen LogP contribution in [0.3, 0.4) is 0 Å². The van der Waals surface area contributed by atoms with Crippen LogP contribution >= 0.6 is 0 Å². The molecule has 0 aromatic carbocycles. The van der Waals surface area contributed by atoms with Crippen molar-refractivity contribution in [3.8, 4) is 0 Å². The normalized spacial score (nSPS) is 13.1. The molecule has 0 heterocycles. The first-order chi connectivity index (χ1) is 11.9. The summed E-state index contributed by atoms with van der Waals surface area (Å²) < 4.78 is 27.5. The van der Waals surface area contributed by atoms with Crippen LogP contribution in [0, 0.1) is 10.8 Å². The zero-order valence-corrected chi connectivity index (χ0v) is 17.9. The van der Waals surface area contributed by atoms with Gasteiger partial charge in [0.1, 0.15) is 0 Å². The summed E-state index contributed by atoms with van der Waals surface area (Å²) >= 11 is 0. The zero-order chi connectivity index (χ0) is 20.3. The van der Waals surface area contributed by atoms with Crippen LogP contribution in [0.5, 0.6) is 0 Å². The molecule has 6 nitrogen and oxygen atoms in total. The van der Waals surface area contributed by atoms with Crippen molar-refractivity contribution in [3.63, 3.8) is 0 Å². The molecule has 0 aliphatic heterocycles. The van der Waals surface area contributed by atoms with Gasteiger partial charge >= 0.3 is 5.97 Å². The molecule has 7 heteroatoms. The fraction of sp³-hybridized carbons (Fsp3) is 0.947. The molecule has 0 spiro atoms. The number of aliphatic carboxylic acids is 1. The molecule has 156 valence electrons. The summed E-state index contributed by atoms with van der Waals surface area (Å²) in [6.07, 6.45) is 8.15. The summed E-state index contributed by atoms with van der Waals surface area (Å²) in [5.74, 6) is -0.675. The minimum Gasteiger partial charge on any atom is -0.481 e. The van der Waals surface area contributed by atoms with Crippen LogP contribution in [0.15, 0.2) is 0 Å². The zero-order valence-electron chi connectivity index (χ0n) is 17.1. The molecule has 0 saturated heterocycles. The van der Waals surface area contributed by atoms with Gasteiger partial charge in [0.25, 0.3) is 0 Å². The molecule has 0 unspecified atom stereocenters. The first-order valence-electron chi connectivity index (χ1n) is 9.67. The van der Waals surface area contributed by atoms with E-state index in [4.69, 9.17) is 15.0 Å². The molecule has 0 saturated carbocycles. The van der Waals surface area contributed by atoms with Gasteiger partial charge in [-0.15, -0.1) is 0 Å². The van der Waals surface area contributed by atoms with Crippen LogP contribution in [0.4, 0.5) is 0 Å². The Kier molecular flexibility index (Phi) is 11.6. The topological polar surface area (TPSA) is 107 Å². The van der Waals surface area contributed by atoms with E-state index in [1.165, 1.54) is 0 Å². The lowest BCUT2D eigenvalue weighted by atomic mass is 9.82. The summed E-state index contributed by atoms with van der Waals surface area (Å²) in [7, 11) is -3.33. The Morgan fingerprint density at radius 2 is 1.35 bits per heavy atom. The van der Waals surface area contributed by atoms with Crippen LogP contribution in [0.25, 0.3) is 0 Å². The number of hydrogen-bond acceptors (Lipinski definition) is 4. The summed E-state index contributed by atoms with van der Waals surface area (Å²) in [6.45, 7) is 9.38. The number of unbranched alkanes of at least 4 members (excludes halogenated alkanes) is 3. The van der Waals surface area contributed by atoms with Crippen molar-refractivity contribution in [2.75, 3.05) is 19.0 Å². The Balaban J connectivity index is 3.60. The van der Waals surface area contributed by atoms with E-state index in [0.717, 1.165) is 51.6 Å². The van der Waals surface area contributed by atoms with E-state index < -0.39 is 21.4 Å². The smallest absolute Gasteiger partial charge is 0.309 e. The van der Waals surface area contributed by atoms with E-state index in [-0.39, 0.29) is 11.2 Å². The molecule has 0 aliphatic carbocycles. The summed E-state index contributed by atoms with van der Waals surface area (Å²) in [4.78, 5) is 11.0. The summed E-state index contributed by atoms with van der Waals surface area (Å²) in [5, 5.41) is 14.1. The Morgan fingerprint density at radius 1 is 0.885 bits per heavy atom. The van der Waals surface area contributed by atoms with E-state index in [9.17, 15) is 13.2 Å². The standard InChI is InChI=1S/C19H39NO5S/c1-18(2,12-7-10-16-26(20,23)24)11-5-8-14-25-15-9-6-13-19(3,4)17(21)22/h5-16H2,1-4H3,(H,21,22)(H2,20,23,24). The van der Waals surface area contributed by atoms with Gasteiger partial charge in [0, 0.05) is 13.2 Å². The fourth-order valence-electron chi connectivity index (χ4n) is 2.82. The lowest BCUT2D eigenvalue weighted by Crippen LogP contribution is -2.23. The highest BCUT2D eigenvalue weighted by Crippen LogP contribution is 2.29. The van der Waals surface area contributed by atoms with Gasteiger partial charge < -0.3 is 9.84 Å². The second-order valence-electron chi connectivity index (χ2n) is 8.70. The number of ether oxygens (including phenoxy) is 1. The Hall–Kier alpha value is -0.660. The molecular weight excluding hydrogens is 354 g/mol. The molecule has 0 atom stereocenters. The van der Waals surface area contributed by atoms with E-state index in [1.54, 1.807) is 13.8 Å². The van der Waals surface area contributed by atoms with Crippen LogP contribution in [-0.2, 0) is 19.6 Å². The molecule has 0 aromatic rings. The Labute approximate surface area is 159 Å². The van der Waals surface area contributed by atoms with E-state index in [1.807, 2.05) is 0 Å². The Bertz CT molecular complexity index is 500. The third-order valence-corrected chi connectivity index (χ3v) is 5.70. The van der Waals surface area contributed by atoms with Gasteiger partial charge in [0.05, 0.1) is 11.2 Å². The monoisotopic (exact) mass is 393 g/mol.